The fourth-order valence-corrected chi connectivity index (χ4v) is 4.05. The Bertz CT molecular complexity index is 1110. The number of carbonyl (C=O) groups is 1. The van der Waals surface area contributed by atoms with Gasteiger partial charge in [-0.2, -0.15) is 0 Å². The molecule has 1 N–H and O–H groups in total. The fourth-order valence-electron chi connectivity index (χ4n) is 4.05. The number of β-amino-alcohol motifs (C(OH)–C–C–N with tert-alkyl or cyclic N) is 1. The van der Waals surface area contributed by atoms with Crippen molar-refractivity contribution in [1.82, 2.24) is 19.8 Å². The van der Waals surface area contributed by atoms with E-state index in [1.165, 1.54) is 12.1 Å². The van der Waals surface area contributed by atoms with Gasteiger partial charge in [-0.1, -0.05) is 12.1 Å². The molecule has 33 heavy (non-hydrogen) atoms. The molecule has 0 unspecified atom stereocenters. The number of hydrogen-bond donors (Lipinski definition) is 1. The van der Waals surface area contributed by atoms with Crippen molar-refractivity contribution in [2.75, 3.05) is 26.7 Å². The molecular formula is C25H27FN4O3. The van der Waals surface area contributed by atoms with Crippen LogP contribution in [0.3, 0.4) is 0 Å². The lowest BCUT2D eigenvalue weighted by atomic mass is 10.0. The van der Waals surface area contributed by atoms with Crippen molar-refractivity contribution in [3.8, 4) is 11.6 Å². The molecule has 0 radical (unpaired) electrons. The molecule has 3 heterocycles. The minimum absolute atomic E-state index is 0.206. The molecule has 1 aromatic carbocycles. The lowest BCUT2D eigenvalue weighted by Crippen LogP contribution is -2.44. The van der Waals surface area contributed by atoms with Crippen LogP contribution in [-0.4, -0.2) is 63.1 Å². The van der Waals surface area contributed by atoms with Crippen molar-refractivity contribution in [2.24, 2.45) is 0 Å². The summed E-state index contributed by atoms with van der Waals surface area (Å²) in [5, 5.41) is 11.1. The number of aromatic nitrogens is 2. The van der Waals surface area contributed by atoms with Crippen molar-refractivity contribution in [2.45, 2.75) is 25.5 Å². The normalized spacial score (nSPS) is 18.0. The summed E-state index contributed by atoms with van der Waals surface area (Å²) in [5.41, 5.74) is 1.12. The number of nitrogens with zero attached hydrogens (tertiary/aromatic N) is 4. The van der Waals surface area contributed by atoms with Gasteiger partial charge in [0.05, 0.1) is 18.3 Å². The van der Waals surface area contributed by atoms with Crippen molar-refractivity contribution in [1.29, 1.82) is 0 Å². The Balaban J connectivity index is 1.41. The average molecular weight is 451 g/mol. The third-order valence-corrected chi connectivity index (χ3v) is 5.65. The van der Waals surface area contributed by atoms with E-state index < -0.39 is 5.60 Å². The highest BCUT2D eigenvalue weighted by Gasteiger charge is 2.39. The highest BCUT2D eigenvalue weighted by atomic mass is 19.1. The van der Waals surface area contributed by atoms with Gasteiger partial charge in [0.2, 0.25) is 5.88 Å². The molecule has 1 aliphatic heterocycles. The van der Waals surface area contributed by atoms with Gasteiger partial charge in [0.15, 0.2) is 0 Å². The zero-order chi connectivity index (χ0) is 23.4. The van der Waals surface area contributed by atoms with Crippen LogP contribution in [-0.2, 0) is 6.54 Å². The maximum absolute atomic E-state index is 13.2. The first kappa shape index (κ1) is 22.8. The van der Waals surface area contributed by atoms with Gasteiger partial charge in [-0.15, -0.1) is 0 Å². The van der Waals surface area contributed by atoms with Crippen LogP contribution in [0.4, 0.5) is 4.39 Å². The number of aryl methyl sites for hydroxylation is 1. The average Bonchev–Trinajstić information content (AvgIpc) is 3.18. The molecule has 7 nitrogen and oxygen atoms in total. The minimum atomic E-state index is -1.03. The molecular weight excluding hydrogens is 423 g/mol. The summed E-state index contributed by atoms with van der Waals surface area (Å²) in [4.78, 5) is 25.3. The largest absolute Gasteiger partial charge is 0.437 e. The first-order valence-corrected chi connectivity index (χ1v) is 10.8. The van der Waals surface area contributed by atoms with Gasteiger partial charge in [0.25, 0.3) is 5.91 Å². The van der Waals surface area contributed by atoms with E-state index in [0.29, 0.717) is 37.4 Å². The van der Waals surface area contributed by atoms with Crippen LogP contribution in [0.2, 0.25) is 0 Å². The van der Waals surface area contributed by atoms with E-state index in [1.54, 1.807) is 47.6 Å². The molecule has 172 valence electrons. The van der Waals surface area contributed by atoms with Gasteiger partial charge in [0, 0.05) is 31.5 Å². The number of rotatable bonds is 7. The number of hydrogen-bond acceptors (Lipinski definition) is 6. The van der Waals surface area contributed by atoms with E-state index in [1.807, 2.05) is 24.9 Å². The van der Waals surface area contributed by atoms with Crippen LogP contribution in [0.15, 0.2) is 60.9 Å². The van der Waals surface area contributed by atoms with E-state index >= 15 is 0 Å². The first-order chi connectivity index (χ1) is 15.8. The lowest BCUT2D eigenvalue weighted by Gasteiger charge is -2.29. The minimum Gasteiger partial charge on any atom is -0.437 e. The smallest absolute Gasteiger partial charge is 0.259 e. The molecule has 1 aliphatic rings. The molecule has 2 aromatic heterocycles. The second kappa shape index (κ2) is 9.64. The monoisotopic (exact) mass is 450 g/mol. The Kier molecular flexibility index (Phi) is 6.67. The molecule has 1 amide bonds. The molecule has 0 spiro atoms. The Hall–Kier alpha value is -3.36. The van der Waals surface area contributed by atoms with Crippen LogP contribution >= 0.6 is 0 Å². The molecule has 1 atom stereocenters. The van der Waals surface area contributed by atoms with Crippen molar-refractivity contribution >= 4 is 5.91 Å². The SMILES string of the molecule is Cc1ccc(Oc2ncccc2C(=O)N2CC[C@@](O)(CN(C)Cc3ccc(F)cc3)C2)cn1. The predicted octanol–water partition coefficient (Wildman–Crippen LogP) is 3.43. The molecule has 8 heteroatoms. The highest BCUT2D eigenvalue weighted by Crippen LogP contribution is 2.28. The molecule has 0 saturated carbocycles. The van der Waals surface area contributed by atoms with Crippen LogP contribution in [0.5, 0.6) is 11.6 Å². The Morgan fingerprint density at radius 3 is 2.73 bits per heavy atom. The van der Waals surface area contributed by atoms with Crippen LogP contribution in [0.1, 0.15) is 28.0 Å². The fraction of sp³-hybridized carbons (Fsp3) is 0.320. The van der Waals surface area contributed by atoms with Crippen LogP contribution < -0.4 is 4.74 Å². The number of likely N-dealkylation sites (tertiary alicyclic amines) is 1. The molecule has 0 aliphatic carbocycles. The van der Waals surface area contributed by atoms with E-state index in [-0.39, 0.29) is 24.1 Å². The number of ether oxygens (including phenoxy) is 1. The first-order valence-electron chi connectivity index (χ1n) is 10.8. The number of amides is 1. The second-order valence-electron chi connectivity index (χ2n) is 8.59. The predicted molar refractivity (Wildman–Crippen MR) is 121 cm³/mol. The number of likely N-dealkylation sites (N-methyl/N-ethyl adjacent to an activating group) is 1. The van der Waals surface area contributed by atoms with Crippen molar-refractivity contribution in [3.05, 3.63) is 83.6 Å². The second-order valence-corrected chi connectivity index (χ2v) is 8.59. The van der Waals surface area contributed by atoms with Crippen LogP contribution in [0.25, 0.3) is 0 Å². The Labute approximate surface area is 192 Å². The lowest BCUT2D eigenvalue weighted by molar-refractivity contribution is 0.0163. The van der Waals surface area contributed by atoms with Gasteiger partial charge in [-0.05, 0) is 62.4 Å². The number of carbonyl (C=O) groups excluding carboxylic acids is 1. The number of benzene rings is 1. The summed E-state index contributed by atoms with van der Waals surface area (Å²) in [6.45, 7) is 3.48. The summed E-state index contributed by atoms with van der Waals surface area (Å²) in [6, 6.07) is 13.3. The molecule has 0 bridgehead atoms. The topological polar surface area (TPSA) is 78.8 Å². The van der Waals surface area contributed by atoms with Gasteiger partial charge in [-0.25, -0.2) is 9.37 Å². The molecule has 3 aromatic rings. The summed E-state index contributed by atoms with van der Waals surface area (Å²) >= 11 is 0. The zero-order valence-corrected chi connectivity index (χ0v) is 18.7. The van der Waals surface area contributed by atoms with E-state index in [9.17, 15) is 14.3 Å². The van der Waals surface area contributed by atoms with Crippen molar-refractivity contribution in [3.63, 3.8) is 0 Å². The standard InChI is InChI=1S/C25H27FN4O3/c1-18-5-10-21(14-28-18)33-23-22(4-3-12-27-23)24(31)30-13-11-25(32,17-30)16-29(2)15-19-6-8-20(26)9-7-19/h3-10,12,14,32H,11,13,15-17H2,1-2H3/t25-/m1/s1. The third kappa shape index (κ3) is 5.71. The third-order valence-electron chi connectivity index (χ3n) is 5.65. The highest BCUT2D eigenvalue weighted by molar-refractivity contribution is 5.96. The van der Waals surface area contributed by atoms with Gasteiger partial charge < -0.3 is 14.7 Å². The van der Waals surface area contributed by atoms with E-state index in [4.69, 9.17) is 4.74 Å². The molecule has 4 rings (SSSR count). The van der Waals surface area contributed by atoms with E-state index in [0.717, 1.165) is 11.3 Å². The summed E-state index contributed by atoms with van der Waals surface area (Å²) in [5.74, 6) is 0.184. The van der Waals surface area contributed by atoms with Crippen LogP contribution in [0, 0.1) is 12.7 Å². The number of pyridine rings is 2. The van der Waals surface area contributed by atoms with E-state index in [2.05, 4.69) is 9.97 Å². The number of halogens is 1. The van der Waals surface area contributed by atoms with Gasteiger partial charge in [-0.3, -0.25) is 14.7 Å². The quantitative estimate of drug-likeness (QED) is 0.594. The summed E-state index contributed by atoms with van der Waals surface area (Å²) in [6.07, 6.45) is 3.62. The molecule has 1 fully saturated rings. The Morgan fingerprint density at radius 2 is 2.00 bits per heavy atom. The Morgan fingerprint density at radius 1 is 1.21 bits per heavy atom. The maximum Gasteiger partial charge on any atom is 0.259 e. The maximum atomic E-state index is 13.2. The molecule has 1 saturated heterocycles. The van der Waals surface area contributed by atoms with Gasteiger partial charge >= 0.3 is 0 Å². The van der Waals surface area contributed by atoms with Crippen molar-refractivity contribution < 1.29 is 19.0 Å². The summed E-state index contributed by atoms with van der Waals surface area (Å²) in [7, 11) is 1.90. The van der Waals surface area contributed by atoms with Gasteiger partial charge in [0.1, 0.15) is 17.1 Å². The number of aliphatic hydroxyl groups is 1. The summed E-state index contributed by atoms with van der Waals surface area (Å²) < 4.78 is 18.9. The zero-order valence-electron chi connectivity index (χ0n) is 18.7.